The normalized spacial score (nSPS) is 16.9. The van der Waals surface area contributed by atoms with Crippen molar-refractivity contribution in [3.63, 3.8) is 0 Å². The fourth-order valence-electron chi connectivity index (χ4n) is 2.23. The van der Waals surface area contributed by atoms with E-state index in [9.17, 15) is 18.0 Å². The molecule has 7 nitrogen and oxygen atoms in total. The van der Waals surface area contributed by atoms with Gasteiger partial charge in [0.25, 0.3) is 5.91 Å². The number of hydrogen-bond donors (Lipinski definition) is 2. The van der Waals surface area contributed by atoms with Gasteiger partial charge in [-0.3, -0.25) is 9.59 Å². The van der Waals surface area contributed by atoms with Gasteiger partial charge >= 0.3 is 10.2 Å². The van der Waals surface area contributed by atoms with Crippen LogP contribution in [0.15, 0.2) is 29.6 Å². The number of nitrogens with zero attached hydrogens (tertiary/aromatic N) is 1. The highest BCUT2D eigenvalue weighted by molar-refractivity contribution is 7.88. The van der Waals surface area contributed by atoms with E-state index >= 15 is 0 Å². The summed E-state index contributed by atoms with van der Waals surface area (Å²) in [4.78, 5) is 25.7. The van der Waals surface area contributed by atoms with E-state index < -0.39 is 16.1 Å². The number of carbonyl (C=O) groups is 2. The summed E-state index contributed by atoms with van der Waals surface area (Å²) >= 11 is 2.87. The third-order valence-corrected chi connectivity index (χ3v) is 6.79. The predicted molar refractivity (Wildman–Crippen MR) is 92.1 cm³/mol. The van der Waals surface area contributed by atoms with Gasteiger partial charge < -0.3 is 5.32 Å². The number of thiophene rings is 2. The summed E-state index contributed by atoms with van der Waals surface area (Å²) < 4.78 is 26.4. The van der Waals surface area contributed by atoms with E-state index in [4.69, 9.17) is 0 Å². The number of carbonyl (C=O) groups excluding carboxylic acids is 2. The molecule has 10 heteroatoms. The molecular weight excluding hydrogens is 370 g/mol. The molecule has 0 unspecified atom stereocenters. The molecule has 0 aromatic carbocycles. The van der Waals surface area contributed by atoms with Crippen LogP contribution in [-0.4, -0.2) is 37.6 Å². The summed E-state index contributed by atoms with van der Waals surface area (Å²) in [6.07, 6.45) is 0.779. The van der Waals surface area contributed by atoms with Gasteiger partial charge in [0.05, 0.1) is 18.0 Å². The van der Waals surface area contributed by atoms with Crippen molar-refractivity contribution in [2.24, 2.45) is 0 Å². The van der Waals surface area contributed by atoms with Gasteiger partial charge in [0.1, 0.15) is 0 Å². The Morgan fingerprint density at radius 1 is 1.29 bits per heavy atom. The van der Waals surface area contributed by atoms with Crippen molar-refractivity contribution in [1.29, 1.82) is 0 Å². The molecule has 2 N–H and O–H groups in total. The van der Waals surface area contributed by atoms with E-state index in [1.807, 2.05) is 22.2 Å². The second-order valence-electron chi connectivity index (χ2n) is 5.15. The number of nitrogens with one attached hydrogen (secondary N) is 2. The molecule has 3 rings (SSSR count). The lowest BCUT2D eigenvalue weighted by atomic mass is 10.3. The molecule has 2 amide bonds. The van der Waals surface area contributed by atoms with Crippen LogP contribution in [-0.2, 0) is 28.0 Å². The molecule has 2 aromatic heterocycles. The molecular formula is C14H15N3O4S3. The van der Waals surface area contributed by atoms with E-state index in [0.717, 1.165) is 10.7 Å². The maximum atomic E-state index is 12.1. The standard InChI is InChI=1S/C14H15N3O4S3/c18-13-9-17(24(20,21)16-13)8-11-3-4-12(23-11)14(19)15-6-5-10-2-1-7-22-10/h1-4,7H,5-6,8-9H2,(H,15,19)(H,16,18). The second-order valence-corrected chi connectivity index (χ2v) is 9.02. The zero-order valence-corrected chi connectivity index (χ0v) is 15.0. The minimum atomic E-state index is -3.74. The molecule has 0 saturated carbocycles. The summed E-state index contributed by atoms with van der Waals surface area (Å²) in [6.45, 7) is 0.433. The summed E-state index contributed by atoms with van der Waals surface area (Å²) in [6, 6.07) is 7.36. The number of amides is 2. The Bertz CT molecular complexity index is 843. The van der Waals surface area contributed by atoms with E-state index in [0.29, 0.717) is 16.3 Å². The van der Waals surface area contributed by atoms with Crippen molar-refractivity contribution in [1.82, 2.24) is 14.3 Å². The van der Waals surface area contributed by atoms with E-state index in [-0.39, 0.29) is 19.0 Å². The zero-order valence-electron chi connectivity index (χ0n) is 12.5. The minimum Gasteiger partial charge on any atom is -0.351 e. The van der Waals surface area contributed by atoms with Crippen LogP contribution >= 0.6 is 22.7 Å². The highest BCUT2D eigenvalue weighted by Crippen LogP contribution is 2.20. The van der Waals surface area contributed by atoms with Crippen LogP contribution < -0.4 is 10.0 Å². The first-order valence-corrected chi connectivity index (χ1v) is 10.3. The Balaban J connectivity index is 1.55. The van der Waals surface area contributed by atoms with Gasteiger partial charge in [-0.1, -0.05) is 6.07 Å². The SMILES string of the molecule is O=C1CN(Cc2ccc(C(=O)NCCc3cccs3)s2)S(=O)(=O)N1. The van der Waals surface area contributed by atoms with Crippen molar-refractivity contribution in [3.05, 3.63) is 44.3 Å². The highest BCUT2D eigenvalue weighted by atomic mass is 32.2. The number of hydrogen-bond acceptors (Lipinski definition) is 6. The van der Waals surface area contributed by atoms with E-state index in [2.05, 4.69) is 5.32 Å². The third-order valence-electron chi connectivity index (χ3n) is 3.36. The third kappa shape index (κ3) is 4.01. The van der Waals surface area contributed by atoms with Gasteiger partial charge in [-0.05, 0) is 30.0 Å². The summed E-state index contributed by atoms with van der Waals surface area (Å²) in [7, 11) is -3.74. The highest BCUT2D eigenvalue weighted by Gasteiger charge is 2.34. The number of rotatable bonds is 6. The average Bonchev–Trinajstić information content (AvgIpc) is 3.21. The van der Waals surface area contributed by atoms with E-state index in [1.54, 1.807) is 23.5 Å². The van der Waals surface area contributed by atoms with Gasteiger partial charge in [0, 0.05) is 16.3 Å². The Morgan fingerprint density at radius 3 is 2.79 bits per heavy atom. The summed E-state index contributed by atoms with van der Waals surface area (Å²) in [5, 5.41) is 4.84. The van der Waals surface area contributed by atoms with Crippen molar-refractivity contribution in [2.75, 3.05) is 13.1 Å². The van der Waals surface area contributed by atoms with Gasteiger partial charge in [-0.2, -0.15) is 12.7 Å². The molecule has 1 aliphatic heterocycles. The molecule has 128 valence electrons. The fraction of sp³-hybridized carbons (Fsp3) is 0.286. The van der Waals surface area contributed by atoms with Crippen molar-refractivity contribution >= 4 is 44.7 Å². The van der Waals surface area contributed by atoms with Gasteiger partial charge in [0.15, 0.2) is 0 Å². The zero-order chi connectivity index (χ0) is 17.2. The average molecular weight is 385 g/mol. The maximum absolute atomic E-state index is 12.1. The Morgan fingerprint density at radius 2 is 2.12 bits per heavy atom. The summed E-state index contributed by atoms with van der Waals surface area (Å²) in [5.74, 6) is -0.723. The van der Waals surface area contributed by atoms with E-state index in [1.165, 1.54) is 16.2 Å². The first-order chi connectivity index (χ1) is 11.4. The molecule has 2 aromatic rings. The molecule has 0 aliphatic carbocycles. The molecule has 1 aliphatic rings. The second kappa shape index (κ2) is 7.01. The Labute approximate surface area is 147 Å². The van der Waals surface area contributed by atoms with Gasteiger partial charge in [-0.25, -0.2) is 4.72 Å². The van der Waals surface area contributed by atoms with Crippen LogP contribution in [0.5, 0.6) is 0 Å². The van der Waals surface area contributed by atoms with Crippen LogP contribution in [0.2, 0.25) is 0 Å². The molecule has 1 fully saturated rings. The minimum absolute atomic E-state index is 0.0776. The fourth-order valence-corrected chi connectivity index (χ4v) is 5.03. The maximum Gasteiger partial charge on any atom is 0.304 e. The molecule has 3 heterocycles. The van der Waals surface area contributed by atoms with Crippen LogP contribution in [0.25, 0.3) is 0 Å². The molecule has 1 saturated heterocycles. The lowest BCUT2D eigenvalue weighted by molar-refractivity contribution is -0.118. The lowest BCUT2D eigenvalue weighted by Gasteiger charge is -2.09. The predicted octanol–water partition coefficient (Wildman–Crippen LogP) is 0.959. The van der Waals surface area contributed by atoms with Crippen molar-refractivity contribution in [3.8, 4) is 0 Å². The van der Waals surface area contributed by atoms with Crippen LogP contribution in [0.1, 0.15) is 19.4 Å². The molecule has 24 heavy (non-hydrogen) atoms. The van der Waals surface area contributed by atoms with Crippen LogP contribution in [0.4, 0.5) is 0 Å². The molecule has 0 bridgehead atoms. The Kier molecular flexibility index (Phi) is 4.99. The monoisotopic (exact) mass is 385 g/mol. The lowest BCUT2D eigenvalue weighted by Crippen LogP contribution is -2.29. The topological polar surface area (TPSA) is 95.6 Å². The molecule has 0 spiro atoms. The van der Waals surface area contributed by atoms with Gasteiger partial charge in [-0.15, -0.1) is 22.7 Å². The Hall–Kier alpha value is -1.75. The molecule has 0 radical (unpaired) electrons. The van der Waals surface area contributed by atoms with Crippen molar-refractivity contribution < 1.29 is 18.0 Å². The van der Waals surface area contributed by atoms with Crippen LogP contribution in [0, 0.1) is 0 Å². The summed E-state index contributed by atoms with van der Waals surface area (Å²) in [5.41, 5.74) is 0. The largest absolute Gasteiger partial charge is 0.351 e. The van der Waals surface area contributed by atoms with Gasteiger partial charge in [0.2, 0.25) is 5.91 Å². The molecule has 0 atom stereocenters. The quantitative estimate of drug-likeness (QED) is 0.774. The first-order valence-electron chi connectivity index (χ1n) is 7.14. The van der Waals surface area contributed by atoms with Crippen molar-refractivity contribution in [2.45, 2.75) is 13.0 Å². The first kappa shape index (κ1) is 17.1. The van der Waals surface area contributed by atoms with Crippen LogP contribution in [0.3, 0.4) is 0 Å². The smallest absolute Gasteiger partial charge is 0.304 e.